The number of hydrogen-bond donors (Lipinski definition) is 1. The van der Waals surface area contributed by atoms with Gasteiger partial charge in [0.1, 0.15) is 6.54 Å². The van der Waals surface area contributed by atoms with E-state index in [0.29, 0.717) is 32.9 Å². The SMILES string of the molecule is CC(=O)N(CC(=O)Nc1ccc(Cl)c(Cl)c1)c1ccc2c(c1)OCO2. The van der Waals surface area contributed by atoms with Gasteiger partial charge in [0.15, 0.2) is 11.5 Å². The number of fused-ring (bicyclic) bond motifs is 1. The van der Waals surface area contributed by atoms with Crippen LogP contribution in [0.2, 0.25) is 10.0 Å². The van der Waals surface area contributed by atoms with Crippen molar-refractivity contribution < 1.29 is 19.1 Å². The Bertz CT molecular complexity index is 841. The quantitative estimate of drug-likeness (QED) is 0.877. The number of halogens is 2. The van der Waals surface area contributed by atoms with Gasteiger partial charge in [-0.05, 0) is 30.3 Å². The van der Waals surface area contributed by atoms with Crippen LogP contribution in [0.5, 0.6) is 11.5 Å². The minimum absolute atomic E-state index is 0.136. The van der Waals surface area contributed by atoms with Crippen molar-refractivity contribution in [2.45, 2.75) is 6.92 Å². The van der Waals surface area contributed by atoms with E-state index in [9.17, 15) is 9.59 Å². The molecule has 0 radical (unpaired) electrons. The molecule has 0 unspecified atom stereocenters. The molecule has 1 N–H and O–H groups in total. The molecule has 0 spiro atoms. The number of carbonyl (C=O) groups is 2. The van der Waals surface area contributed by atoms with Crippen molar-refractivity contribution in [1.29, 1.82) is 0 Å². The average molecular weight is 381 g/mol. The Morgan fingerprint density at radius 1 is 1.08 bits per heavy atom. The van der Waals surface area contributed by atoms with Gasteiger partial charge in [0.25, 0.3) is 0 Å². The van der Waals surface area contributed by atoms with E-state index in [1.165, 1.54) is 11.8 Å². The van der Waals surface area contributed by atoms with Crippen molar-refractivity contribution in [3.8, 4) is 11.5 Å². The summed E-state index contributed by atoms with van der Waals surface area (Å²) in [5.41, 5.74) is 1.04. The van der Waals surface area contributed by atoms with Crippen LogP contribution in [0.4, 0.5) is 11.4 Å². The molecule has 0 aliphatic carbocycles. The summed E-state index contributed by atoms with van der Waals surface area (Å²) in [4.78, 5) is 25.6. The van der Waals surface area contributed by atoms with Crippen molar-refractivity contribution in [3.63, 3.8) is 0 Å². The van der Waals surface area contributed by atoms with Gasteiger partial charge >= 0.3 is 0 Å². The molecule has 1 heterocycles. The highest BCUT2D eigenvalue weighted by atomic mass is 35.5. The van der Waals surface area contributed by atoms with Gasteiger partial charge in [-0.2, -0.15) is 0 Å². The molecular weight excluding hydrogens is 367 g/mol. The summed E-state index contributed by atoms with van der Waals surface area (Å²) in [6, 6.07) is 9.81. The van der Waals surface area contributed by atoms with E-state index in [1.807, 2.05) is 0 Å². The molecular formula is C17H14Cl2N2O4. The number of ether oxygens (including phenoxy) is 2. The van der Waals surface area contributed by atoms with E-state index in [4.69, 9.17) is 32.7 Å². The maximum Gasteiger partial charge on any atom is 0.244 e. The third-order valence-corrected chi connectivity index (χ3v) is 4.29. The molecule has 0 bridgehead atoms. The first-order chi connectivity index (χ1) is 11.9. The van der Waals surface area contributed by atoms with Gasteiger partial charge in [-0.15, -0.1) is 0 Å². The summed E-state index contributed by atoms with van der Waals surface area (Å²) in [6.45, 7) is 1.36. The van der Waals surface area contributed by atoms with Crippen LogP contribution in [0.1, 0.15) is 6.92 Å². The van der Waals surface area contributed by atoms with Crippen LogP contribution in [-0.4, -0.2) is 25.2 Å². The van der Waals surface area contributed by atoms with Crippen molar-refractivity contribution in [1.82, 2.24) is 0 Å². The topological polar surface area (TPSA) is 67.9 Å². The summed E-state index contributed by atoms with van der Waals surface area (Å²) < 4.78 is 10.6. The van der Waals surface area contributed by atoms with Crippen molar-refractivity contribution >= 4 is 46.4 Å². The Balaban J connectivity index is 1.74. The number of amides is 2. The van der Waals surface area contributed by atoms with Crippen LogP contribution in [0, 0.1) is 0 Å². The first-order valence-corrected chi connectivity index (χ1v) is 8.12. The van der Waals surface area contributed by atoms with Gasteiger partial charge in [-0.1, -0.05) is 23.2 Å². The Kier molecular flexibility index (Phi) is 5.01. The summed E-state index contributed by atoms with van der Waals surface area (Å²) in [6.07, 6.45) is 0. The molecule has 2 aromatic rings. The monoisotopic (exact) mass is 380 g/mol. The first kappa shape index (κ1) is 17.4. The highest BCUT2D eigenvalue weighted by Gasteiger charge is 2.20. The maximum absolute atomic E-state index is 12.3. The predicted octanol–water partition coefficient (Wildman–Crippen LogP) is 3.71. The maximum atomic E-state index is 12.3. The molecule has 0 saturated heterocycles. The van der Waals surface area contributed by atoms with Gasteiger partial charge in [0, 0.05) is 24.4 Å². The number of nitrogens with one attached hydrogen (secondary N) is 1. The Morgan fingerprint density at radius 3 is 2.56 bits per heavy atom. The van der Waals surface area contributed by atoms with Crippen LogP contribution in [-0.2, 0) is 9.59 Å². The molecule has 8 heteroatoms. The minimum atomic E-state index is -0.369. The second kappa shape index (κ2) is 7.21. The van der Waals surface area contributed by atoms with Crippen LogP contribution in [0.25, 0.3) is 0 Å². The molecule has 0 saturated carbocycles. The smallest absolute Gasteiger partial charge is 0.244 e. The van der Waals surface area contributed by atoms with E-state index in [-0.39, 0.29) is 25.2 Å². The first-order valence-electron chi connectivity index (χ1n) is 7.36. The number of rotatable bonds is 4. The molecule has 0 atom stereocenters. The zero-order valence-electron chi connectivity index (χ0n) is 13.2. The molecule has 0 aromatic heterocycles. The molecule has 3 rings (SSSR count). The Morgan fingerprint density at radius 2 is 1.84 bits per heavy atom. The fraction of sp³-hybridized carbons (Fsp3) is 0.176. The molecule has 6 nitrogen and oxygen atoms in total. The lowest BCUT2D eigenvalue weighted by molar-refractivity contribution is -0.120. The minimum Gasteiger partial charge on any atom is -0.454 e. The van der Waals surface area contributed by atoms with E-state index >= 15 is 0 Å². The summed E-state index contributed by atoms with van der Waals surface area (Å²) in [5.74, 6) is 0.496. The summed E-state index contributed by atoms with van der Waals surface area (Å²) >= 11 is 11.8. The Labute approximate surface area is 154 Å². The fourth-order valence-electron chi connectivity index (χ4n) is 2.36. The molecule has 2 aromatic carbocycles. The lowest BCUT2D eigenvalue weighted by Gasteiger charge is -2.21. The number of nitrogens with zero attached hydrogens (tertiary/aromatic N) is 1. The van der Waals surface area contributed by atoms with Gasteiger partial charge in [0.05, 0.1) is 10.0 Å². The van der Waals surface area contributed by atoms with E-state index in [2.05, 4.69) is 5.32 Å². The molecule has 0 fully saturated rings. The standard InChI is InChI=1S/C17H14Cl2N2O4/c1-10(22)21(12-3-5-15-16(7-12)25-9-24-15)8-17(23)20-11-2-4-13(18)14(19)6-11/h2-7H,8-9H2,1H3,(H,20,23). The van der Waals surface area contributed by atoms with Crippen molar-refractivity contribution in [3.05, 3.63) is 46.4 Å². The van der Waals surface area contributed by atoms with Gasteiger partial charge < -0.3 is 19.7 Å². The molecule has 130 valence electrons. The normalized spacial score (nSPS) is 12.0. The van der Waals surface area contributed by atoms with E-state index < -0.39 is 0 Å². The number of anilines is 2. The van der Waals surface area contributed by atoms with E-state index in [0.717, 1.165) is 0 Å². The van der Waals surface area contributed by atoms with Crippen LogP contribution >= 0.6 is 23.2 Å². The predicted molar refractivity (Wildman–Crippen MR) is 95.7 cm³/mol. The third-order valence-electron chi connectivity index (χ3n) is 3.55. The molecule has 1 aliphatic heterocycles. The zero-order valence-corrected chi connectivity index (χ0v) is 14.7. The number of carbonyl (C=O) groups excluding carboxylic acids is 2. The lowest BCUT2D eigenvalue weighted by atomic mass is 10.2. The van der Waals surface area contributed by atoms with Crippen LogP contribution < -0.4 is 19.7 Å². The van der Waals surface area contributed by atoms with E-state index in [1.54, 1.807) is 36.4 Å². The van der Waals surface area contributed by atoms with Crippen LogP contribution in [0.3, 0.4) is 0 Å². The molecule has 1 aliphatic rings. The highest BCUT2D eigenvalue weighted by molar-refractivity contribution is 6.42. The van der Waals surface area contributed by atoms with Crippen molar-refractivity contribution in [2.75, 3.05) is 23.6 Å². The lowest BCUT2D eigenvalue weighted by Crippen LogP contribution is -2.36. The average Bonchev–Trinajstić information content (AvgIpc) is 3.03. The second-order valence-corrected chi connectivity index (χ2v) is 6.13. The molecule has 2 amide bonds. The van der Waals surface area contributed by atoms with Gasteiger partial charge in [0.2, 0.25) is 18.6 Å². The Hall–Kier alpha value is -2.44. The van der Waals surface area contributed by atoms with Gasteiger partial charge in [-0.3, -0.25) is 9.59 Å². The largest absolute Gasteiger partial charge is 0.454 e. The number of hydrogen-bond acceptors (Lipinski definition) is 4. The highest BCUT2D eigenvalue weighted by Crippen LogP contribution is 2.35. The number of benzene rings is 2. The summed E-state index contributed by atoms with van der Waals surface area (Å²) in [5, 5.41) is 3.41. The second-order valence-electron chi connectivity index (χ2n) is 5.32. The summed E-state index contributed by atoms with van der Waals surface area (Å²) in [7, 11) is 0. The fourth-order valence-corrected chi connectivity index (χ4v) is 2.65. The third kappa shape index (κ3) is 3.97. The van der Waals surface area contributed by atoms with Crippen LogP contribution in [0.15, 0.2) is 36.4 Å². The zero-order chi connectivity index (χ0) is 18.0. The van der Waals surface area contributed by atoms with Crippen molar-refractivity contribution in [2.24, 2.45) is 0 Å². The van der Waals surface area contributed by atoms with Gasteiger partial charge in [-0.25, -0.2) is 0 Å². The molecule has 25 heavy (non-hydrogen) atoms.